The lowest BCUT2D eigenvalue weighted by Crippen LogP contribution is -2.54. The number of nitrogens with zero attached hydrogens (tertiary/aromatic N) is 1. The van der Waals surface area contributed by atoms with E-state index in [1.165, 1.54) is 6.92 Å². The van der Waals surface area contributed by atoms with Gasteiger partial charge in [-0.3, -0.25) is 24.6 Å². The fourth-order valence-electron chi connectivity index (χ4n) is 3.01. The monoisotopic (exact) mass is 362 g/mol. The number of carboxylic acids is 2. The van der Waals surface area contributed by atoms with Gasteiger partial charge in [0.15, 0.2) is 0 Å². The molecule has 8 heteroatoms. The van der Waals surface area contributed by atoms with E-state index in [1.54, 1.807) is 0 Å². The van der Waals surface area contributed by atoms with Gasteiger partial charge in [-0.1, -0.05) is 30.3 Å². The van der Waals surface area contributed by atoms with E-state index in [4.69, 9.17) is 5.11 Å². The summed E-state index contributed by atoms with van der Waals surface area (Å²) in [6, 6.07) is 6.17. The van der Waals surface area contributed by atoms with E-state index >= 15 is 0 Å². The zero-order valence-electron chi connectivity index (χ0n) is 14.4. The zero-order chi connectivity index (χ0) is 19.3. The molecule has 1 heterocycles. The molecule has 26 heavy (non-hydrogen) atoms. The Hall–Kier alpha value is -2.74. The number of aryl methyl sites for hydroxylation is 1. The van der Waals surface area contributed by atoms with Gasteiger partial charge < -0.3 is 10.2 Å². The molecule has 1 aromatic rings. The molecule has 1 aliphatic heterocycles. The Bertz CT molecular complexity index is 690. The van der Waals surface area contributed by atoms with Crippen molar-refractivity contribution in [3.05, 3.63) is 35.9 Å². The SMILES string of the molecule is C[C@H](N[C@@H](CCc1ccccc1)C(=O)O)C(=O)N1C(=O)CC[C@H]1C(=O)O. The summed E-state index contributed by atoms with van der Waals surface area (Å²) in [6.45, 7) is 1.44. The second-order valence-corrected chi connectivity index (χ2v) is 6.30. The number of nitrogens with one attached hydrogen (secondary N) is 1. The van der Waals surface area contributed by atoms with Crippen LogP contribution in [0.15, 0.2) is 30.3 Å². The van der Waals surface area contributed by atoms with E-state index in [-0.39, 0.29) is 19.3 Å². The first-order chi connectivity index (χ1) is 12.3. The van der Waals surface area contributed by atoms with Gasteiger partial charge in [0.1, 0.15) is 12.1 Å². The Morgan fingerprint density at radius 2 is 1.88 bits per heavy atom. The average molecular weight is 362 g/mol. The molecule has 3 N–H and O–H groups in total. The first kappa shape index (κ1) is 19.6. The zero-order valence-corrected chi connectivity index (χ0v) is 14.4. The van der Waals surface area contributed by atoms with Gasteiger partial charge in [0.25, 0.3) is 0 Å². The van der Waals surface area contributed by atoms with Crippen molar-refractivity contribution in [2.24, 2.45) is 0 Å². The second-order valence-electron chi connectivity index (χ2n) is 6.30. The summed E-state index contributed by atoms with van der Waals surface area (Å²) >= 11 is 0. The molecule has 1 fully saturated rings. The van der Waals surface area contributed by atoms with Crippen LogP contribution in [0.5, 0.6) is 0 Å². The van der Waals surface area contributed by atoms with Crippen LogP contribution in [0.3, 0.4) is 0 Å². The molecule has 1 aromatic carbocycles. The highest BCUT2D eigenvalue weighted by Gasteiger charge is 2.42. The summed E-state index contributed by atoms with van der Waals surface area (Å²) < 4.78 is 0. The predicted molar refractivity (Wildman–Crippen MR) is 91.3 cm³/mol. The van der Waals surface area contributed by atoms with Gasteiger partial charge in [-0.25, -0.2) is 4.79 Å². The number of carbonyl (C=O) groups excluding carboxylic acids is 2. The molecule has 0 unspecified atom stereocenters. The van der Waals surface area contributed by atoms with Crippen molar-refractivity contribution < 1.29 is 29.4 Å². The molecule has 1 saturated heterocycles. The maximum absolute atomic E-state index is 12.5. The third kappa shape index (κ3) is 4.66. The number of hydrogen-bond acceptors (Lipinski definition) is 5. The normalized spacial score (nSPS) is 19.2. The van der Waals surface area contributed by atoms with Gasteiger partial charge >= 0.3 is 11.9 Å². The fourth-order valence-corrected chi connectivity index (χ4v) is 3.01. The van der Waals surface area contributed by atoms with Crippen molar-refractivity contribution in [1.82, 2.24) is 10.2 Å². The maximum Gasteiger partial charge on any atom is 0.326 e. The van der Waals surface area contributed by atoms with Crippen LogP contribution in [0.2, 0.25) is 0 Å². The Morgan fingerprint density at radius 3 is 2.46 bits per heavy atom. The van der Waals surface area contributed by atoms with Crippen LogP contribution in [0.25, 0.3) is 0 Å². The third-order valence-corrected chi connectivity index (χ3v) is 4.42. The Morgan fingerprint density at radius 1 is 1.23 bits per heavy atom. The van der Waals surface area contributed by atoms with Crippen LogP contribution in [-0.4, -0.2) is 57.0 Å². The van der Waals surface area contributed by atoms with Crippen LogP contribution in [0, 0.1) is 0 Å². The topological polar surface area (TPSA) is 124 Å². The number of aliphatic carboxylic acids is 2. The van der Waals surface area contributed by atoms with Crippen molar-refractivity contribution in [3.63, 3.8) is 0 Å². The van der Waals surface area contributed by atoms with Crippen LogP contribution in [0.1, 0.15) is 31.7 Å². The molecule has 0 radical (unpaired) electrons. The second kappa shape index (κ2) is 8.57. The molecule has 0 bridgehead atoms. The van der Waals surface area contributed by atoms with Gasteiger partial charge in [0.05, 0.1) is 6.04 Å². The molecule has 8 nitrogen and oxygen atoms in total. The van der Waals surface area contributed by atoms with E-state index in [1.807, 2.05) is 30.3 Å². The standard InChI is InChI=1S/C18H22N2O6/c1-11(16(22)20-14(18(25)26)9-10-15(20)21)19-13(17(23)24)8-7-12-5-3-2-4-6-12/h2-6,11,13-14,19H,7-10H2,1H3,(H,23,24)(H,25,26)/t11-,13-,14-/m0/s1. The van der Waals surface area contributed by atoms with Gasteiger partial charge in [-0.05, 0) is 31.7 Å². The summed E-state index contributed by atoms with van der Waals surface area (Å²) in [5.74, 6) is -3.61. The summed E-state index contributed by atoms with van der Waals surface area (Å²) in [5, 5.41) is 21.3. The molecular formula is C18H22N2O6. The highest BCUT2D eigenvalue weighted by atomic mass is 16.4. The molecule has 140 valence electrons. The van der Waals surface area contributed by atoms with Crippen LogP contribution in [-0.2, 0) is 25.6 Å². The van der Waals surface area contributed by atoms with Crippen molar-refractivity contribution in [3.8, 4) is 0 Å². The van der Waals surface area contributed by atoms with E-state index in [2.05, 4.69) is 5.32 Å². The summed E-state index contributed by atoms with van der Waals surface area (Å²) in [6.07, 6.45) is 0.828. The lowest BCUT2D eigenvalue weighted by molar-refractivity contribution is -0.155. The van der Waals surface area contributed by atoms with E-state index in [0.717, 1.165) is 10.5 Å². The van der Waals surface area contributed by atoms with Crippen molar-refractivity contribution in [2.45, 2.75) is 50.7 Å². The van der Waals surface area contributed by atoms with Crippen LogP contribution >= 0.6 is 0 Å². The molecule has 0 aromatic heterocycles. The number of imide groups is 1. The minimum Gasteiger partial charge on any atom is -0.480 e. The molecular weight excluding hydrogens is 340 g/mol. The lowest BCUT2D eigenvalue weighted by atomic mass is 10.0. The number of amides is 2. The summed E-state index contributed by atoms with van der Waals surface area (Å²) in [4.78, 5) is 47.8. The number of likely N-dealkylation sites (tertiary alicyclic amines) is 1. The van der Waals surface area contributed by atoms with Gasteiger partial charge in [0, 0.05) is 6.42 Å². The molecule has 2 rings (SSSR count). The van der Waals surface area contributed by atoms with E-state index in [0.29, 0.717) is 6.42 Å². The molecule has 0 aliphatic carbocycles. The molecule has 3 atom stereocenters. The molecule has 0 saturated carbocycles. The number of hydrogen-bond donors (Lipinski definition) is 3. The fraction of sp³-hybridized carbons (Fsp3) is 0.444. The number of rotatable bonds is 8. The first-order valence-corrected chi connectivity index (χ1v) is 8.42. The van der Waals surface area contributed by atoms with Gasteiger partial charge in [-0.15, -0.1) is 0 Å². The van der Waals surface area contributed by atoms with Crippen molar-refractivity contribution >= 4 is 23.8 Å². The van der Waals surface area contributed by atoms with Crippen molar-refractivity contribution in [1.29, 1.82) is 0 Å². The largest absolute Gasteiger partial charge is 0.480 e. The average Bonchev–Trinajstić information content (AvgIpc) is 3.00. The highest BCUT2D eigenvalue weighted by Crippen LogP contribution is 2.20. The Labute approximate surface area is 150 Å². The maximum atomic E-state index is 12.5. The van der Waals surface area contributed by atoms with Gasteiger partial charge in [0.2, 0.25) is 11.8 Å². The smallest absolute Gasteiger partial charge is 0.326 e. The van der Waals surface area contributed by atoms with Crippen LogP contribution in [0.4, 0.5) is 0 Å². The molecule has 0 spiro atoms. The highest BCUT2D eigenvalue weighted by molar-refractivity contribution is 6.03. The number of carbonyl (C=O) groups is 4. The van der Waals surface area contributed by atoms with Crippen molar-refractivity contribution in [2.75, 3.05) is 0 Å². The quantitative estimate of drug-likeness (QED) is 0.620. The third-order valence-electron chi connectivity index (χ3n) is 4.42. The molecule has 1 aliphatic rings. The Balaban J connectivity index is 2.01. The summed E-state index contributed by atoms with van der Waals surface area (Å²) in [5.41, 5.74) is 0.972. The Kier molecular flexibility index (Phi) is 6.46. The number of carboxylic acid groups (broad SMARTS) is 2. The van der Waals surface area contributed by atoms with Crippen LogP contribution < -0.4 is 5.32 Å². The van der Waals surface area contributed by atoms with E-state index < -0.39 is 41.9 Å². The van der Waals surface area contributed by atoms with Gasteiger partial charge in [-0.2, -0.15) is 0 Å². The first-order valence-electron chi connectivity index (χ1n) is 8.42. The predicted octanol–water partition coefficient (Wildman–Crippen LogP) is 0.653. The minimum absolute atomic E-state index is 0.00814. The minimum atomic E-state index is -1.24. The molecule has 2 amide bonds. The van der Waals surface area contributed by atoms with E-state index in [9.17, 15) is 24.3 Å². The summed E-state index contributed by atoms with van der Waals surface area (Å²) in [7, 11) is 0. The number of benzene rings is 1. The lowest BCUT2D eigenvalue weighted by Gasteiger charge is -2.26.